The van der Waals surface area contributed by atoms with Gasteiger partial charge in [-0.3, -0.25) is 0 Å². The van der Waals surface area contributed by atoms with Crippen molar-refractivity contribution in [1.82, 2.24) is 0 Å². The number of hydrogen-bond acceptors (Lipinski definition) is 1. The molecule has 1 nitrogen and oxygen atoms in total. The molecule has 3 aliphatic rings. The Kier molecular flexibility index (Phi) is 3.16. The molecule has 1 heteroatoms. The van der Waals surface area contributed by atoms with Crippen LogP contribution in [-0.2, 0) is 6.42 Å². The standard InChI is InChI=1S/C21H30O/c1-12-9-15-10-16(22)6-7-17(15)19-13(2)11-21(4)14(3)5-8-18(21)20(12)19/h6-7,10,12-14,18-20,22H,5,8-9,11H2,1-4H3/t12-,13+,14+,18?,19?,20?,21-/m1/s1. The van der Waals surface area contributed by atoms with E-state index in [-0.39, 0.29) is 0 Å². The zero-order chi connectivity index (χ0) is 15.6. The molecule has 4 rings (SSSR count). The largest absolute Gasteiger partial charge is 0.508 e. The fourth-order valence-electron chi connectivity index (χ4n) is 6.73. The highest BCUT2D eigenvalue weighted by molar-refractivity contribution is 5.41. The average molecular weight is 298 g/mol. The molecule has 120 valence electrons. The lowest BCUT2D eigenvalue weighted by molar-refractivity contribution is -0.0201. The molecule has 2 saturated carbocycles. The summed E-state index contributed by atoms with van der Waals surface area (Å²) in [5.41, 5.74) is 3.52. The molecule has 3 aliphatic carbocycles. The van der Waals surface area contributed by atoms with E-state index in [4.69, 9.17) is 0 Å². The predicted octanol–water partition coefficient (Wildman–Crippen LogP) is 5.38. The van der Waals surface area contributed by atoms with Crippen molar-refractivity contribution in [2.24, 2.45) is 35.0 Å². The molecular formula is C21H30O. The third kappa shape index (κ3) is 1.83. The quantitative estimate of drug-likeness (QED) is 0.682. The molecule has 22 heavy (non-hydrogen) atoms. The van der Waals surface area contributed by atoms with Gasteiger partial charge in [0.2, 0.25) is 0 Å². The maximum atomic E-state index is 9.86. The first-order chi connectivity index (χ1) is 10.4. The maximum Gasteiger partial charge on any atom is 0.115 e. The van der Waals surface area contributed by atoms with Crippen molar-refractivity contribution < 1.29 is 5.11 Å². The van der Waals surface area contributed by atoms with Gasteiger partial charge in [0.1, 0.15) is 5.75 Å². The third-order valence-electron chi connectivity index (χ3n) is 7.82. The van der Waals surface area contributed by atoms with Crippen LogP contribution in [0.4, 0.5) is 0 Å². The number of fused-ring (bicyclic) bond motifs is 5. The Hall–Kier alpha value is -0.980. The Balaban J connectivity index is 1.81. The van der Waals surface area contributed by atoms with Crippen LogP contribution in [0, 0.1) is 35.0 Å². The van der Waals surface area contributed by atoms with Gasteiger partial charge in [-0.2, -0.15) is 0 Å². The minimum Gasteiger partial charge on any atom is -0.508 e. The van der Waals surface area contributed by atoms with Gasteiger partial charge in [-0.15, -0.1) is 0 Å². The number of benzene rings is 1. The molecule has 0 amide bonds. The zero-order valence-electron chi connectivity index (χ0n) is 14.5. The Morgan fingerprint density at radius 3 is 2.64 bits per heavy atom. The Bertz CT molecular complexity index is 592. The van der Waals surface area contributed by atoms with E-state index in [1.54, 1.807) is 5.56 Å². The average Bonchev–Trinajstić information content (AvgIpc) is 2.74. The second-order valence-corrected chi connectivity index (χ2v) is 8.94. The van der Waals surface area contributed by atoms with Crippen molar-refractivity contribution in [1.29, 1.82) is 0 Å². The summed E-state index contributed by atoms with van der Waals surface area (Å²) in [4.78, 5) is 0. The van der Waals surface area contributed by atoms with E-state index in [0.29, 0.717) is 17.1 Å². The Labute approximate surface area is 135 Å². The van der Waals surface area contributed by atoms with Gasteiger partial charge in [0.05, 0.1) is 0 Å². The zero-order valence-corrected chi connectivity index (χ0v) is 14.5. The summed E-state index contributed by atoms with van der Waals surface area (Å²) in [6, 6.07) is 6.16. The van der Waals surface area contributed by atoms with Crippen LogP contribution in [0.2, 0.25) is 0 Å². The van der Waals surface area contributed by atoms with Gasteiger partial charge in [-0.25, -0.2) is 0 Å². The molecule has 0 spiro atoms. The molecule has 0 bridgehead atoms. The van der Waals surface area contributed by atoms with Crippen LogP contribution in [-0.4, -0.2) is 5.11 Å². The highest BCUT2D eigenvalue weighted by atomic mass is 16.3. The van der Waals surface area contributed by atoms with Crippen molar-refractivity contribution in [2.75, 3.05) is 0 Å². The number of aromatic hydroxyl groups is 1. The van der Waals surface area contributed by atoms with Crippen LogP contribution in [0.3, 0.4) is 0 Å². The third-order valence-corrected chi connectivity index (χ3v) is 7.82. The molecule has 2 fully saturated rings. The second kappa shape index (κ2) is 4.76. The van der Waals surface area contributed by atoms with Crippen LogP contribution >= 0.6 is 0 Å². The molecule has 0 aliphatic heterocycles. The first kappa shape index (κ1) is 14.6. The number of hydrogen-bond donors (Lipinski definition) is 1. The van der Waals surface area contributed by atoms with E-state index >= 15 is 0 Å². The molecule has 0 heterocycles. The molecule has 1 aromatic carbocycles. The predicted molar refractivity (Wildman–Crippen MR) is 91.0 cm³/mol. The van der Waals surface area contributed by atoms with Gasteiger partial charge >= 0.3 is 0 Å². The summed E-state index contributed by atoms with van der Waals surface area (Å²) < 4.78 is 0. The van der Waals surface area contributed by atoms with Crippen molar-refractivity contribution in [3.8, 4) is 5.75 Å². The molecule has 0 aromatic heterocycles. The summed E-state index contributed by atoms with van der Waals surface area (Å²) in [5, 5.41) is 9.86. The minimum absolute atomic E-state index is 0.437. The van der Waals surface area contributed by atoms with Crippen molar-refractivity contribution in [3.63, 3.8) is 0 Å². The van der Waals surface area contributed by atoms with Crippen molar-refractivity contribution >= 4 is 0 Å². The van der Waals surface area contributed by atoms with Gasteiger partial charge in [0, 0.05) is 0 Å². The first-order valence-electron chi connectivity index (χ1n) is 9.23. The lowest BCUT2D eigenvalue weighted by atomic mass is 9.49. The molecule has 0 radical (unpaired) electrons. The van der Waals surface area contributed by atoms with Gasteiger partial charge in [-0.05, 0) is 89.9 Å². The maximum absolute atomic E-state index is 9.86. The highest BCUT2D eigenvalue weighted by Gasteiger charge is 2.57. The van der Waals surface area contributed by atoms with Crippen molar-refractivity contribution in [3.05, 3.63) is 29.3 Å². The van der Waals surface area contributed by atoms with Crippen LogP contribution in [0.5, 0.6) is 5.75 Å². The normalized spacial score (nSPS) is 46.7. The molecular weight excluding hydrogens is 268 g/mol. The van der Waals surface area contributed by atoms with Crippen LogP contribution < -0.4 is 0 Å². The van der Waals surface area contributed by atoms with E-state index in [9.17, 15) is 5.11 Å². The molecule has 1 aromatic rings. The van der Waals surface area contributed by atoms with E-state index in [2.05, 4.69) is 33.8 Å². The van der Waals surface area contributed by atoms with Crippen molar-refractivity contribution in [2.45, 2.75) is 59.3 Å². The Morgan fingerprint density at radius 1 is 1.09 bits per heavy atom. The summed E-state index contributed by atoms with van der Waals surface area (Å²) in [5.74, 6) is 5.29. The van der Waals surface area contributed by atoms with Gasteiger partial charge in [0.15, 0.2) is 0 Å². The fraction of sp³-hybridized carbons (Fsp3) is 0.714. The SMILES string of the molecule is C[C@@H]1Cc2cc(O)ccc2C2C1C1CC[C@H](C)[C@@]1(C)C[C@@H]2C. The number of rotatable bonds is 0. The Morgan fingerprint density at radius 2 is 1.86 bits per heavy atom. The van der Waals surface area contributed by atoms with E-state index in [0.717, 1.165) is 36.0 Å². The highest BCUT2D eigenvalue weighted by Crippen LogP contribution is 2.65. The minimum atomic E-state index is 0.437. The first-order valence-corrected chi connectivity index (χ1v) is 9.23. The molecule has 7 atom stereocenters. The van der Waals surface area contributed by atoms with Crippen LogP contribution in [0.25, 0.3) is 0 Å². The summed E-state index contributed by atoms with van der Waals surface area (Å²) in [6.07, 6.45) is 5.39. The van der Waals surface area contributed by atoms with Gasteiger partial charge in [-0.1, -0.05) is 33.8 Å². The topological polar surface area (TPSA) is 20.2 Å². The van der Waals surface area contributed by atoms with E-state index < -0.39 is 0 Å². The second-order valence-electron chi connectivity index (χ2n) is 8.94. The summed E-state index contributed by atoms with van der Waals surface area (Å²) >= 11 is 0. The van der Waals surface area contributed by atoms with Gasteiger partial charge < -0.3 is 5.11 Å². The molecule has 0 saturated heterocycles. The van der Waals surface area contributed by atoms with Crippen LogP contribution in [0.15, 0.2) is 18.2 Å². The number of phenolic OH excluding ortho intramolecular Hbond substituents is 1. The molecule has 3 unspecified atom stereocenters. The fourth-order valence-corrected chi connectivity index (χ4v) is 6.73. The molecule has 1 N–H and O–H groups in total. The summed E-state index contributed by atoms with van der Waals surface area (Å²) in [7, 11) is 0. The lowest BCUT2D eigenvalue weighted by Crippen LogP contribution is -2.48. The van der Waals surface area contributed by atoms with E-state index in [1.807, 2.05) is 12.1 Å². The number of phenols is 1. The summed E-state index contributed by atoms with van der Waals surface area (Å²) in [6.45, 7) is 10.0. The van der Waals surface area contributed by atoms with E-state index in [1.165, 1.54) is 24.8 Å². The van der Waals surface area contributed by atoms with Gasteiger partial charge in [0.25, 0.3) is 0 Å². The van der Waals surface area contributed by atoms with Crippen LogP contribution in [0.1, 0.15) is 64.0 Å². The monoisotopic (exact) mass is 298 g/mol. The lowest BCUT2D eigenvalue weighted by Gasteiger charge is -2.55. The smallest absolute Gasteiger partial charge is 0.115 e.